The van der Waals surface area contributed by atoms with E-state index in [0.717, 1.165) is 56.9 Å². The van der Waals surface area contributed by atoms with Crippen molar-refractivity contribution in [2.75, 3.05) is 26.4 Å². The van der Waals surface area contributed by atoms with Crippen molar-refractivity contribution in [1.29, 1.82) is 0 Å². The van der Waals surface area contributed by atoms with E-state index in [2.05, 4.69) is 5.32 Å². The minimum atomic E-state index is -0.248. The summed E-state index contributed by atoms with van der Waals surface area (Å²) in [7, 11) is 0. The number of hydrogen-bond donors (Lipinski definition) is 1. The Hall–Kier alpha value is -2.41. The van der Waals surface area contributed by atoms with Crippen LogP contribution in [0.5, 0.6) is 0 Å². The first-order chi connectivity index (χ1) is 17.0. The molecular weight excluding hydrogens is 446 g/mol. The number of ether oxygens (including phenoxy) is 3. The lowest BCUT2D eigenvalue weighted by atomic mass is 10.1. The van der Waals surface area contributed by atoms with Crippen LogP contribution in [0.15, 0.2) is 30.3 Å². The Kier molecular flexibility index (Phi) is 18.3. The molecule has 198 valence electrons. The Morgan fingerprint density at radius 3 is 2.00 bits per heavy atom. The summed E-state index contributed by atoms with van der Waals surface area (Å²) in [5.41, 5.74) is 1.01. The number of benzene rings is 1. The first kappa shape index (κ1) is 30.6. The van der Waals surface area contributed by atoms with Gasteiger partial charge in [-0.15, -0.1) is 0 Å². The summed E-state index contributed by atoms with van der Waals surface area (Å²) in [4.78, 5) is 35.1. The second-order valence-corrected chi connectivity index (χ2v) is 9.26. The van der Waals surface area contributed by atoms with Crippen LogP contribution in [0.1, 0.15) is 90.0 Å². The fourth-order valence-corrected chi connectivity index (χ4v) is 3.37. The van der Waals surface area contributed by atoms with E-state index < -0.39 is 0 Å². The van der Waals surface area contributed by atoms with Crippen molar-refractivity contribution in [3.05, 3.63) is 35.9 Å². The molecule has 0 saturated carbocycles. The molecule has 0 fully saturated rings. The number of hydrogen-bond acceptors (Lipinski definition) is 6. The van der Waals surface area contributed by atoms with Gasteiger partial charge in [-0.1, -0.05) is 82.7 Å². The van der Waals surface area contributed by atoms with Gasteiger partial charge in [0.25, 0.3) is 0 Å². The molecule has 0 heterocycles. The van der Waals surface area contributed by atoms with Gasteiger partial charge in [0.15, 0.2) is 0 Å². The summed E-state index contributed by atoms with van der Waals surface area (Å²) in [6.45, 7) is 5.93. The van der Waals surface area contributed by atoms with E-state index in [1.54, 1.807) is 0 Å². The smallest absolute Gasteiger partial charge is 0.308 e. The van der Waals surface area contributed by atoms with E-state index in [0.29, 0.717) is 51.7 Å². The second-order valence-electron chi connectivity index (χ2n) is 9.26. The third-order valence-corrected chi connectivity index (χ3v) is 5.37. The molecular formula is C28H45NO6. The predicted molar refractivity (Wildman–Crippen MR) is 137 cm³/mol. The maximum absolute atomic E-state index is 11.8. The first-order valence-electron chi connectivity index (χ1n) is 13.2. The average Bonchev–Trinajstić information content (AvgIpc) is 2.85. The van der Waals surface area contributed by atoms with E-state index in [9.17, 15) is 14.4 Å². The minimum absolute atomic E-state index is 0.0455. The monoisotopic (exact) mass is 491 g/mol. The van der Waals surface area contributed by atoms with Gasteiger partial charge in [-0.25, -0.2) is 0 Å². The molecule has 0 radical (unpaired) electrons. The van der Waals surface area contributed by atoms with Crippen molar-refractivity contribution in [2.24, 2.45) is 5.92 Å². The molecule has 7 nitrogen and oxygen atoms in total. The molecule has 0 aliphatic carbocycles. The van der Waals surface area contributed by atoms with Gasteiger partial charge in [0, 0.05) is 19.4 Å². The highest BCUT2D eigenvalue weighted by Crippen LogP contribution is 2.11. The molecule has 0 bridgehead atoms. The topological polar surface area (TPSA) is 90.9 Å². The Labute approximate surface area is 211 Å². The SMILES string of the molecule is CC(C)COC(=O)CCOCCNC(=O)CCCCCCCCCCC(=O)OCc1ccccc1. The number of nitrogens with one attached hydrogen (secondary N) is 1. The molecule has 1 aromatic carbocycles. The van der Waals surface area contributed by atoms with Crippen LogP contribution in [0.3, 0.4) is 0 Å². The van der Waals surface area contributed by atoms with Gasteiger partial charge in [-0.05, 0) is 24.3 Å². The molecule has 1 aromatic rings. The van der Waals surface area contributed by atoms with E-state index in [4.69, 9.17) is 14.2 Å². The molecule has 7 heteroatoms. The number of carbonyl (C=O) groups is 3. The normalized spacial score (nSPS) is 10.8. The zero-order valence-electron chi connectivity index (χ0n) is 21.7. The number of unbranched alkanes of at least 4 members (excludes halogenated alkanes) is 7. The van der Waals surface area contributed by atoms with E-state index >= 15 is 0 Å². The molecule has 1 amide bonds. The number of amides is 1. The number of carbonyl (C=O) groups excluding carboxylic acids is 3. The predicted octanol–water partition coefficient (Wildman–Crippen LogP) is 5.35. The van der Waals surface area contributed by atoms with Crippen molar-refractivity contribution >= 4 is 17.8 Å². The summed E-state index contributed by atoms with van der Waals surface area (Å²) in [5, 5.41) is 2.85. The van der Waals surface area contributed by atoms with Crippen LogP contribution >= 0.6 is 0 Å². The van der Waals surface area contributed by atoms with Crippen molar-refractivity contribution < 1.29 is 28.6 Å². The van der Waals surface area contributed by atoms with Crippen molar-refractivity contribution in [3.63, 3.8) is 0 Å². The largest absolute Gasteiger partial charge is 0.465 e. The third kappa shape index (κ3) is 19.6. The van der Waals surface area contributed by atoms with Gasteiger partial charge >= 0.3 is 11.9 Å². The molecule has 0 unspecified atom stereocenters. The Morgan fingerprint density at radius 1 is 0.743 bits per heavy atom. The van der Waals surface area contributed by atoms with Gasteiger partial charge in [0.2, 0.25) is 5.91 Å². The van der Waals surface area contributed by atoms with Crippen molar-refractivity contribution in [1.82, 2.24) is 5.32 Å². The van der Waals surface area contributed by atoms with Crippen LogP contribution < -0.4 is 5.32 Å². The molecule has 0 saturated heterocycles. The van der Waals surface area contributed by atoms with Gasteiger partial charge < -0.3 is 19.5 Å². The number of esters is 2. The van der Waals surface area contributed by atoms with Crippen LogP contribution in [-0.2, 0) is 35.2 Å². The molecule has 0 aromatic heterocycles. The van der Waals surface area contributed by atoms with Crippen LogP contribution in [0, 0.1) is 5.92 Å². The van der Waals surface area contributed by atoms with Gasteiger partial charge in [-0.3, -0.25) is 14.4 Å². The zero-order chi connectivity index (χ0) is 25.6. The zero-order valence-corrected chi connectivity index (χ0v) is 21.7. The lowest BCUT2D eigenvalue weighted by molar-refractivity contribution is -0.146. The highest BCUT2D eigenvalue weighted by Gasteiger charge is 2.05. The molecule has 0 aliphatic heterocycles. The average molecular weight is 492 g/mol. The summed E-state index contributed by atoms with van der Waals surface area (Å²) in [6, 6.07) is 9.73. The third-order valence-electron chi connectivity index (χ3n) is 5.37. The van der Waals surface area contributed by atoms with Gasteiger partial charge in [0.05, 0.1) is 26.2 Å². The standard InChI is InChI=1S/C28H45NO6/c1-24(2)22-34-28(32)18-20-33-21-19-29-26(30)16-12-7-5-3-4-6-8-13-17-27(31)35-23-25-14-10-9-11-15-25/h9-11,14-15,24H,3-8,12-13,16-23H2,1-2H3,(H,29,30). The van der Waals surface area contributed by atoms with Crippen LogP contribution in [0.4, 0.5) is 0 Å². The minimum Gasteiger partial charge on any atom is -0.465 e. The number of rotatable bonds is 21. The highest BCUT2D eigenvalue weighted by atomic mass is 16.5. The quantitative estimate of drug-likeness (QED) is 0.184. The van der Waals surface area contributed by atoms with Crippen LogP contribution in [0.2, 0.25) is 0 Å². The van der Waals surface area contributed by atoms with Crippen LogP contribution in [0.25, 0.3) is 0 Å². The molecule has 0 spiro atoms. The Bertz CT molecular complexity index is 692. The molecule has 0 aliphatic rings. The molecule has 1 rings (SSSR count). The van der Waals surface area contributed by atoms with Gasteiger partial charge in [0.1, 0.15) is 6.61 Å². The molecule has 0 atom stereocenters. The molecule has 1 N–H and O–H groups in total. The van der Waals surface area contributed by atoms with E-state index in [1.807, 2.05) is 44.2 Å². The van der Waals surface area contributed by atoms with Crippen molar-refractivity contribution in [3.8, 4) is 0 Å². The summed E-state index contributed by atoms with van der Waals surface area (Å²) < 4.78 is 15.7. The summed E-state index contributed by atoms with van der Waals surface area (Å²) >= 11 is 0. The van der Waals surface area contributed by atoms with E-state index in [-0.39, 0.29) is 24.3 Å². The maximum Gasteiger partial charge on any atom is 0.308 e. The maximum atomic E-state index is 11.8. The summed E-state index contributed by atoms with van der Waals surface area (Å²) in [5.74, 6) is 0.00118. The van der Waals surface area contributed by atoms with E-state index in [1.165, 1.54) is 0 Å². The fraction of sp³-hybridized carbons (Fsp3) is 0.679. The Morgan fingerprint density at radius 2 is 1.34 bits per heavy atom. The Balaban J connectivity index is 1.81. The summed E-state index contributed by atoms with van der Waals surface area (Å²) in [6.07, 6.45) is 9.69. The van der Waals surface area contributed by atoms with Crippen LogP contribution in [-0.4, -0.2) is 44.2 Å². The molecule has 35 heavy (non-hydrogen) atoms. The highest BCUT2D eigenvalue weighted by molar-refractivity contribution is 5.75. The lowest BCUT2D eigenvalue weighted by Crippen LogP contribution is -2.27. The lowest BCUT2D eigenvalue weighted by Gasteiger charge is -2.08. The van der Waals surface area contributed by atoms with Crippen molar-refractivity contribution in [2.45, 2.75) is 91.1 Å². The first-order valence-corrected chi connectivity index (χ1v) is 13.2. The second kappa shape index (κ2) is 20.9. The fourth-order valence-electron chi connectivity index (χ4n) is 3.37. The van der Waals surface area contributed by atoms with Gasteiger partial charge in [-0.2, -0.15) is 0 Å².